The number of halogens is 1. The Morgan fingerprint density at radius 3 is 2.83 bits per heavy atom. The number of nitrogens with two attached hydrogens (primary N) is 1. The van der Waals surface area contributed by atoms with Crippen LogP contribution in [0.3, 0.4) is 0 Å². The largest absolute Gasteiger partial charge is 0.389 e. The van der Waals surface area contributed by atoms with Gasteiger partial charge in [0.05, 0.1) is 10.7 Å². The van der Waals surface area contributed by atoms with Crippen LogP contribution in [0.4, 0.5) is 5.69 Å². The molecular weight excluding hydrogens is 284 g/mol. The molecule has 1 unspecified atom stereocenters. The minimum absolute atomic E-state index is 0.371. The first-order valence-electron chi connectivity index (χ1n) is 5.98. The van der Waals surface area contributed by atoms with Gasteiger partial charge in [-0.05, 0) is 43.0 Å². The monoisotopic (exact) mass is 302 g/mol. The standard InChI is InChI=1S/C13H19ClN2S2/c1-3-18-7-6-9(2)16-12-5-4-10(13(15)17)8-11(12)14/h4-5,8-9,16H,3,6-7H2,1-2H3,(H2,15,17). The topological polar surface area (TPSA) is 38.0 Å². The zero-order valence-corrected chi connectivity index (χ0v) is 13.1. The van der Waals surface area contributed by atoms with Crippen LogP contribution < -0.4 is 11.1 Å². The van der Waals surface area contributed by atoms with Crippen molar-refractivity contribution in [3.63, 3.8) is 0 Å². The third-order valence-electron chi connectivity index (χ3n) is 2.55. The quantitative estimate of drug-likeness (QED) is 0.591. The first kappa shape index (κ1) is 15.6. The Hall–Kier alpha value is -0.450. The average Bonchev–Trinajstić information content (AvgIpc) is 2.32. The molecule has 0 aromatic heterocycles. The molecule has 1 rings (SSSR count). The highest BCUT2D eigenvalue weighted by Crippen LogP contribution is 2.24. The van der Waals surface area contributed by atoms with Crippen LogP contribution >= 0.6 is 35.6 Å². The predicted molar refractivity (Wildman–Crippen MR) is 88.0 cm³/mol. The molecule has 1 aromatic carbocycles. The lowest BCUT2D eigenvalue weighted by atomic mass is 10.2. The van der Waals surface area contributed by atoms with E-state index < -0.39 is 0 Å². The van der Waals surface area contributed by atoms with Crippen molar-refractivity contribution in [3.8, 4) is 0 Å². The third-order valence-corrected chi connectivity index (χ3v) is 4.04. The molecule has 0 radical (unpaired) electrons. The van der Waals surface area contributed by atoms with Crippen molar-refractivity contribution in [3.05, 3.63) is 28.8 Å². The van der Waals surface area contributed by atoms with Gasteiger partial charge in [-0.15, -0.1) is 0 Å². The fourth-order valence-corrected chi connectivity index (χ4v) is 2.70. The van der Waals surface area contributed by atoms with Crippen molar-refractivity contribution in [2.75, 3.05) is 16.8 Å². The van der Waals surface area contributed by atoms with E-state index in [0.717, 1.165) is 29.2 Å². The molecule has 0 aliphatic rings. The normalized spacial score (nSPS) is 12.2. The molecule has 0 fully saturated rings. The number of thioether (sulfide) groups is 1. The van der Waals surface area contributed by atoms with Crippen molar-refractivity contribution in [2.24, 2.45) is 5.73 Å². The number of hydrogen-bond acceptors (Lipinski definition) is 3. The summed E-state index contributed by atoms with van der Waals surface area (Å²) in [5.41, 5.74) is 7.30. The van der Waals surface area contributed by atoms with Gasteiger partial charge >= 0.3 is 0 Å². The molecule has 100 valence electrons. The zero-order valence-electron chi connectivity index (χ0n) is 10.7. The Bertz CT molecular complexity index is 410. The smallest absolute Gasteiger partial charge is 0.104 e. The highest BCUT2D eigenvalue weighted by molar-refractivity contribution is 7.99. The summed E-state index contributed by atoms with van der Waals surface area (Å²) in [4.78, 5) is 0.371. The van der Waals surface area contributed by atoms with E-state index in [0.29, 0.717) is 16.1 Å². The summed E-state index contributed by atoms with van der Waals surface area (Å²) in [6.45, 7) is 4.34. The van der Waals surface area contributed by atoms with Crippen LogP contribution in [0.2, 0.25) is 5.02 Å². The highest BCUT2D eigenvalue weighted by Gasteiger charge is 2.07. The van der Waals surface area contributed by atoms with Crippen molar-refractivity contribution in [2.45, 2.75) is 26.3 Å². The molecule has 5 heteroatoms. The van der Waals surface area contributed by atoms with Gasteiger partial charge in [0.15, 0.2) is 0 Å². The Balaban J connectivity index is 2.59. The van der Waals surface area contributed by atoms with E-state index in [1.54, 1.807) is 6.07 Å². The van der Waals surface area contributed by atoms with E-state index in [4.69, 9.17) is 29.6 Å². The lowest BCUT2D eigenvalue weighted by Crippen LogP contribution is -2.16. The molecule has 0 aliphatic carbocycles. The number of rotatable bonds is 7. The molecule has 18 heavy (non-hydrogen) atoms. The Kier molecular flexibility index (Phi) is 6.82. The third kappa shape index (κ3) is 5.04. The SMILES string of the molecule is CCSCCC(C)Nc1ccc(C(N)=S)cc1Cl. The van der Waals surface area contributed by atoms with Gasteiger partial charge in [0, 0.05) is 11.6 Å². The molecule has 1 atom stereocenters. The summed E-state index contributed by atoms with van der Waals surface area (Å²) < 4.78 is 0. The Morgan fingerprint density at radius 2 is 2.28 bits per heavy atom. The van der Waals surface area contributed by atoms with Crippen molar-refractivity contribution in [1.82, 2.24) is 0 Å². The fourth-order valence-electron chi connectivity index (χ4n) is 1.53. The van der Waals surface area contributed by atoms with Gasteiger partial charge in [0.2, 0.25) is 0 Å². The van der Waals surface area contributed by atoms with E-state index in [1.165, 1.54) is 0 Å². The van der Waals surface area contributed by atoms with Crippen LogP contribution in [-0.4, -0.2) is 22.5 Å². The van der Waals surface area contributed by atoms with Gasteiger partial charge in [-0.3, -0.25) is 0 Å². The van der Waals surface area contributed by atoms with Gasteiger partial charge in [-0.25, -0.2) is 0 Å². The summed E-state index contributed by atoms with van der Waals surface area (Å²) in [5, 5.41) is 4.07. The van der Waals surface area contributed by atoms with E-state index in [-0.39, 0.29) is 0 Å². The number of benzene rings is 1. The molecule has 0 saturated heterocycles. The minimum Gasteiger partial charge on any atom is -0.389 e. The summed E-state index contributed by atoms with van der Waals surface area (Å²) in [6.07, 6.45) is 1.12. The van der Waals surface area contributed by atoms with Gasteiger partial charge < -0.3 is 11.1 Å². The lowest BCUT2D eigenvalue weighted by molar-refractivity contribution is 0.772. The van der Waals surface area contributed by atoms with Crippen molar-refractivity contribution >= 4 is 46.3 Å². The molecule has 1 aromatic rings. The minimum atomic E-state index is 0.371. The molecule has 0 saturated carbocycles. The van der Waals surface area contributed by atoms with Crippen LogP contribution in [0.15, 0.2) is 18.2 Å². The van der Waals surface area contributed by atoms with Crippen LogP contribution in [-0.2, 0) is 0 Å². The first-order chi connectivity index (χ1) is 8.54. The lowest BCUT2D eigenvalue weighted by Gasteiger charge is -2.16. The summed E-state index contributed by atoms with van der Waals surface area (Å²) >= 11 is 13.1. The molecular formula is C13H19ClN2S2. The highest BCUT2D eigenvalue weighted by atomic mass is 35.5. The van der Waals surface area contributed by atoms with E-state index in [1.807, 2.05) is 23.9 Å². The second-order valence-corrected chi connectivity index (χ2v) is 6.33. The molecule has 0 bridgehead atoms. The molecule has 0 amide bonds. The van der Waals surface area contributed by atoms with Crippen LogP contribution in [0, 0.1) is 0 Å². The van der Waals surface area contributed by atoms with E-state index in [2.05, 4.69) is 19.2 Å². The maximum Gasteiger partial charge on any atom is 0.104 e. The van der Waals surface area contributed by atoms with Crippen molar-refractivity contribution in [1.29, 1.82) is 0 Å². The summed E-state index contributed by atoms with van der Waals surface area (Å²) in [7, 11) is 0. The molecule has 0 spiro atoms. The second kappa shape index (κ2) is 7.87. The average molecular weight is 303 g/mol. The molecule has 0 aliphatic heterocycles. The van der Waals surface area contributed by atoms with Gasteiger partial charge in [0.1, 0.15) is 4.99 Å². The fraction of sp³-hybridized carbons (Fsp3) is 0.462. The molecule has 0 heterocycles. The Labute approximate surface area is 124 Å². The summed E-state index contributed by atoms with van der Waals surface area (Å²) in [6, 6.07) is 6.03. The van der Waals surface area contributed by atoms with Gasteiger partial charge in [-0.1, -0.05) is 30.7 Å². The Morgan fingerprint density at radius 1 is 1.56 bits per heavy atom. The predicted octanol–water partition coefficient (Wildman–Crippen LogP) is 3.92. The first-order valence-corrected chi connectivity index (χ1v) is 7.92. The zero-order chi connectivity index (χ0) is 13.5. The van der Waals surface area contributed by atoms with E-state index in [9.17, 15) is 0 Å². The van der Waals surface area contributed by atoms with Gasteiger partial charge in [0.25, 0.3) is 0 Å². The van der Waals surface area contributed by atoms with Crippen molar-refractivity contribution < 1.29 is 0 Å². The summed E-state index contributed by atoms with van der Waals surface area (Å²) in [5.74, 6) is 2.32. The van der Waals surface area contributed by atoms with E-state index >= 15 is 0 Å². The second-order valence-electron chi connectivity index (χ2n) is 4.09. The maximum atomic E-state index is 6.20. The van der Waals surface area contributed by atoms with Crippen LogP contribution in [0.5, 0.6) is 0 Å². The number of nitrogens with one attached hydrogen (secondary N) is 1. The maximum absolute atomic E-state index is 6.20. The van der Waals surface area contributed by atoms with Crippen LogP contribution in [0.25, 0.3) is 0 Å². The van der Waals surface area contributed by atoms with Gasteiger partial charge in [-0.2, -0.15) is 11.8 Å². The number of anilines is 1. The molecule has 2 nitrogen and oxygen atoms in total. The number of thiocarbonyl (C=S) groups is 1. The number of hydrogen-bond donors (Lipinski definition) is 2. The van der Waals surface area contributed by atoms with Crippen LogP contribution in [0.1, 0.15) is 25.8 Å². The molecule has 3 N–H and O–H groups in total.